The van der Waals surface area contributed by atoms with Crippen molar-refractivity contribution in [2.24, 2.45) is 0 Å². The molecule has 0 bridgehead atoms. The molecule has 0 radical (unpaired) electrons. The maximum atomic E-state index is 12.5. The van der Waals surface area contributed by atoms with Crippen LogP contribution in [-0.4, -0.2) is 38.4 Å². The van der Waals surface area contributed by atoms with Gasteiger partial charge in [0, 0.05) is 18.8 Å². The molecule has 1 atom stereocenters. The fraction of sp³-hybridized carbons (Fsp3) is 0.312. The average Bonchev–Trinajstić information content (AvgIpc) is 3.17. The summed E-state index contributed by atoms with van der Waals surface area (Å²) < 4.78 is 2.78. The van der Waals surface area contributed by atoms with Gasteiger partial charge in [-0.15, -0.1) is 11.3 Å². The maximum absolute atomic E-state index is 12.5. The van der Waals surface area contributed by atoms with E-state index in [0.717, 1.165) is 15.2 Å². The van der Waals surface area contributed by atoms with E-state index in [4.69, 9.17) is 5.11 Å². The Balaban J connectivity index is 2.03. The van der Waals surface area contributed by atoms with Crippen LogP contribution in [0.25, 0.3) is 20.9 Å². The Kier molecular flexibility index (Phi) is 4.40. The number of amides is 1. The van der Waals surface area contributed by atoms with Gasteiger partial charge in [-0.05, 0) is 26.0 Å². The molecular formula is C16H18N4O2S. The van der Waals surface area contributed by atoms with Crippen LogP contribution in [0, 0.1) is 0 Å². The summed E-state index contributed by atoms with van der Waals surface area (Å²) in [6.45, 7) is 4.28. The van der Waals surface area contributed by atoms with Crippen LogP contribution in [0.3, 0.4) is 0 Å². The number of aromatic nitrogens is 3. The minimum atomic E-state index is -0.310. The van der Waals surface area contributed by atoms with Gasteiger partial charge in [-0.25, -0.2) is 4.98 Å². The van der Waals surface area contributed by atoms with Crippen LogP contribution >= 0.6 is 11.3 Å². The fourth-order valence-corrected chi connectivity index (χ4v) is 3.19. The van der Waals surface area contributed by atoms with E-state index in [1.807, 2.05) is 31.2 Å². The summed E-state index contributed by atoms with van der Waals surface area (Å²) in [7, 11) is 0. The number of aliphatic hydroxyl groups excluding tert-OH is 1. The van der Waals surface area contributed by atoms with Crippen molar-refractivity contribution in [3.63, 3.8) is 0 Å². The molecule has 0 unspecified atom stereocenters. The highest BCUT2D eigenvalue weighted by molar-refractivity contribution is 7.21. The molecule has 23 heavy (non-hydrogen) atoms. The van der Waals surface area contributed by atoms with E-state index < -0.39 is 0 Å². The van der Waals surface area contributed by atoms with Gasteiger partial charge in [0.1, 0.15) is 10.7 Å². The minimum Gasteiger partial charge on any atom is -0.394 e. The van der Waals surface area contributed by atoms with Gasteiger partial charge in [0.05, 0.1) is 22.4 Å². The summed E-state index contributed by atoms with van der Waals surface area (Å²) in [4.78, 5) is 17.0. The molecule has 3 aromatic rings. The number of hydrogen-bond acceptors (Lipinski definition) is 5. The number of thiazole rings is 1. The first-order valence-corrected chi connectivity index (χ1v) is 8.29. The normalized spacial score (nSPS) is 12.5. The molecule has 2 heterocycles. The second kappa shape index (κ2) is 6.47. The summed E-state index contributed by atoms with van der Waals surface area (Å²) in [6.07, 6.45) is 1.72. The van der Waals surface area contributed by atoms with Crippen LogP contribution in [0.5, 0.6) is 0 Å². The number of carbonyl (C=O) groups is 1. The number of nitrogens with one attached hydrogen (secondary N) is 1. The Labute approximate surface area is 137 Å². The predicted molar refractivity (Wildman–Crippen MR) is 90.5 cm³/mol. The number of aliphatic hydroxyl groups is 1. The van der Waals surface area contributed by atoms with E-state index in [0.29, 0.717) is 17.8 Å². The van der Waals surface area contributed by atoms with Crippen molar-refractivity contribution in [2.45, 2.75) is 26.4 Å². The highest BCUT2D eigenvalue weighted by atomic mass is 32.1. The summed E-state index contributed by atoms with van der Waals surface area (Å²) in [6, 6.07) is 7.54. The lowest BCUT2D eigenvalue weighted by molar-refractivity contribution is 0.0923. The molecule has 0 saturated carbocycles. The number of nitrogens with zero attached hydrogens (tertiary/aromatic N) is 3. The molecule has 6 nitrogen and oxygen atoms in total. The number of benzene rings is 1. The lowest BCUT2D eigenvalue weighted by Crippen LogP contribution is -2.35. The van der Waals surface area contributed by atoms with Crippen molar-refractivity contribution >= 4 is 27.5 Å². The number of para-hydroxylation sites is 1. The SMILES string of the molecule is CCn1cc(C(=O)N[C@H](C)CO)c(-c2nc3ccccc3s2)n1. The molecule has 0 spiro atoms. The zero-order valence-electron chi connectivity index (χ0n) is 13.0. The Bertz CT molecular complexity index is 807. The highest BCUT2D eigenvalue weighted by Gasteiger charge is 2.21. The van der Waals surface area contributed by atoms with Gasteiger partial charge in [0.25, 0.3) is 5.91 Å². The molecule has 0 aliphatic carbocycles. The molecule has 0 fully saturated rings. The monoisotopic (exact) mass is 330 g/mol. The van der Waals surface area contributed by atoms with Crippen LogP contribution < -0.4 is 5.32 Å². The number of rotatable bonds is 5. The van der Waals surface area contributed by atoms with Crippen molar-refractivity contribution in [1.82, 2.24) is 20.1 Å². The molecule has 2 aromatic heterocycles. The lowest BCUT2D eigenvalue weighted by atomic mass is 10.2. The van der Waals surface area contributed by atoms with Crippen molar-refractivity contribution in [2.75, 3.05) is 6.61 Å². The number of fused-ring (bicyclic) bond motifs is 1. The smallest absolute Gasteiger partial charge is 0.255 e. The standard InChI is InChI=1S/C16H18N4O2S/c1-3-20-8-11(15(22)17-10(2)9-21)14(19-20)16-18-12-6-4-5-7-13(12)23-16/h4-8,10,21H,3,9H2,1-2H3,(H,17,22)/t10-/m1/s1. The molecule has 1 aromatic carbocycles. The molecule has 7 heteroatoms. The number of aryl methyl sites for hydroxylation is 1. The first-order chi connectivity index (χ1) is 11.1. The summed E-state index contributed by atoms with van der Waals surface area (Å²) >= 11 is 1.51. The van der Waals surface area contributed by atoms with Gasteiger partial charge in [-0.3, -0.25) is 9.48 Å². The Morgan fingerprint density at radius 3 is 2.91 bits per heavy atom. The minimum absolute atomic E-state index is 0.107. The molecule has 1 amide bonds. The first kappa shape index (κ1) is 15.6. The van der Waals surface area contributed by atoms with Crippen molar-refractivity contribution in [3.8, 4) is 10.7 Å². The van der Waals surface area contributed by atoms with Gasteiger partial charge in [-0.2, -0.15) is 5.10 Å². The molecular weight excluding hydrogens is 312 g/mol. The van der Waals surface area contributed by atoms with E-state index in [2.05, 4.69) is 15.4 Å². The van der Waals surface area contributed by atoms with Crippen LogP contribution in [0.1, 0.15) is 24.2 Å². The number of carbonyl (C=O) groups excluding carboxylic acids is 1. The quantitative estimate of drug-likeness (QED) is 0.752. The highest BCUT2D eigenvalue weighted by Crippen LogP contribution is 2.31. The van der Waals surface area contributed by atoms with Gasteiger partial charge in [-0.1, -0.05) is 12.1 Å². The van der Waals surface area contributed by atoms with Gasteiger partial charge in [0.15, 0.2) is 0 Å². The summed E-state index contributed by atoms with van der Waals surface area (Å²) in [5.41, 5.74) is 1.95. The van der Waals surface area contributed by atoms with Crippen molar-refractivity contribution in [1.29, 1.82) is 0 Å². The van der Waals surface area contributed by atoms with Crippen molar-refractivity contribution in [3.05, 3.63) is 36.0 Å². The van der Waals surface area contributed by atoms with Crippen LogP contribution in [-0.2, 0) is 6.54 Å². The summed E-state index contributed by atoms with van der Waals surface area (Å²) in [5, 5.41) is 17.1. The van der Waals surface area contributed by atoms with Crippen LogP contribution in [0.4, 0.5) is 0 Å². The van der Waals surface area contributed by atoms with Crippen LogP contribution in [0.15, 0.2) is 30.5 Å². The van der Waals surface area contributed by atoms with E-state index in [1.165, 1.54) is 11.3 Å². The zero-order chi connectivity index (χ0) is 16.4. The molecule has 120 valence electrons. The average molecular weight is 330 g/mol. The molecule has 0 saturated heterocycles. The van der Waals surface area contributed by atoms with E-state index in [-0.39, 0.29) is 18.6 Å². The van der Waals surface area contributed by atoms with Gasteiger partial charge >= 0.3 is 0 Å². The Morgan fingerprint density at radius 1 is 1.43 bits per heavy atom. The largest absolute Gasteiger partial charge is 0.394 e. The molecule has 3 rings (SSSR count). The number of hydrogen-bond donors (Lipinski definition) is 2. The Hall–Kier alpha value is -2.25. The van der Waals surface area contributed by atoms with Gasteiger partial charge < -0.3 is 10.4 Å². The molecule has 0 aliphatic heterocycles. The molecule has 2 N–H and O–H groups in total. The van der Waals surface area contributed by atoms with E-state index >= 15 is 0 Å². The second-order valence-electron chi connectivity index (χ2n) is 5.29. The third-order valence-corrected chi connectivity index (χ3v) is 4.52. The van der Waals surface area contributed by atoms with E-state index in [1.54, 1.807) is 17.8 Å². The summed E-state index contributed by atoms with van der Waals surface area (Å²) in [5.74, 6) is -0.250. The third kappa shape index (κ3) is 3.11. The van der Waals surface area contributed by atoms with Crippen LogP contribution in [0.2, 0.25) is 0 Å². The third-order valence-electron chi connectivity index (χ3n) is 3.48. The lowest BCUT2D eigenvalue weighted by Gasteiger charge is -2.09. The zero-order valence-corrected chi connectivity index (χ0v) is 13.8. The van der Waals surface area contributed by atoms with E-state index in [9.17, 15) is 4.79 Å². The Morgan fingerprint density at radius 2 is 2.22 bits per heavy atom. The van der Waals surface area contributed by atoms with Gasteiger partial charge in [0.2, 0.25) is 0 Å². The topological polar surface area (TPSA) is 80.0 Å². The second-order valence-corrected chi connectivity index (χ2v) is 6.32. The molecule has 0 aliphatic rings. The van der Waals surface area contributed by atoms with Crippen molar-refractivity contribution < 1.29 is 9.90 Å². The maximum Gasteiger partial charge on any atom is 0.255 e. The first-order valence-electron chi connectivity index (χ1n) is 7.47. The predicted octanol–water partition coefficient (Wildman–Crippen LogP) is 2.29. The fourth-order valence-electron chi connectivity index (χ4n) is 2.23.